The van der Waals surface area contributed by atoms with Gasteiger partial charge in [0.2, 0.25) is 0 Å². The Labute approximate surface area is 269 Å². The van der Waals surface area contributed by atoms with Crippen molar-refractivity contribution in [3.8, 4) is 44.9 Å². The predicted octanol–water partition coefficient (Wildman–Crippen LogP) is 11.2. The van der Waals surface area contributed by atoms with E-state index in [0.717, 1.165) is 11.5 Å². The summed E-state index contributed by atoms with van der Waals surface area (Å²) in [6.45, 7) is 2.35. The van der Waals surface area contributed by atoms with Crippen LogP contribution in [0.5, 0.6) is 11.5 Å². The Morgan fingerprint density at radius 2 is 0.913 bits per heavy atom. The standard InChI is InChI=1S/C45H30O/c1-44(30-14-3-2-4-15-30)38-23-11-12-25-41(38)46-42-27-26-29(28-40(42)44)31-19-13-24-39-43(31)34-18-7-10-22-37(34)45(39)35-20-8-5-16-32(35)33-17-6-9-21-36(33)45/h2-28H,1H3. The van der Waals surface area contributed by atoms with Crippen LogP contribution in [-0.4, -0.2) is 0 Å². The fourth-order valence-electron chi connectivity index (χ4n) is 8.88. The molecule has 0 fully saturated rings. The first-order chi connectivity index (χ1) is 22.7. The van der Waals surface area contributed by atoms with Crippen LogP contribution in [0.4, 0.5) is 0 Å². The maximum absolute atomic E-state index is 6.59. The molecule has 1 nitrogen and oxygen atoms in total. The lowest BCUT2D eigenvalue weighted by Gasteiger charge is -2.38. The van der Waals surface area contributed by atoms with Crippen molar-refractivity contribution in [3.05, 3.63) is 203 Å². The third kappa shape index (κ3) is 3.10. The van der Waals surface area contributed by atoms with Gasteiger partial charge in [-0.25, -0.2) is 0 Å². The van der Waals surface area contributed by atoms with Crippen LogP contribution in [0, 0.1) is 0 Å². The molecule has 7 aromatic rings. The molecule has 2 aliphatic carbocycles. The van der Waals surface area contributed by atoms with Gasteiger partial charge < -0.3 is 4.74 Å². The largest absolute Gasteiger partial charge is 0.457 e. The molecule has 1 spiro atoms. The fraction of sp³-hybridized carbons (Fsp3) is 0.0667. The third-order valence-electron chi connectivity index (χ3n) is 10.8. The quantitative estimate of drug-likeness (QED) is 0.196. The highest BCUT2D eigenvalue weighted by molar-refractivity contribution is 6.00. The van der Waals surface area contributed by atoms with E-state index in [4.69, 9.17) is 4.74 Å². The summed E-state index contributed by atoms with van der Waals surface area (Å²) in [4.78, 5) is 0. The summed E-state index contributed by atoms with van der Waals surface area (Å²) in [6.07, 6.45) is 0. The summed E-state index contributed by atoms with van der Waals surface area (Å²) < 4.78 is 6.59. The van der Waals surface area contributed by atoms with Gasteiger partial charge in [-0.1, -0.05) is 146 Å². The molecule has 1 unspecified atom stereocenters. The number of hydrogen-bond donors (Lipinski definition) is 0. The van der Waals surface area contributed by atoms with Crippen LogP contribution in [0.15, 0.2) is 164 Å². The Morgan fingerprint density at radius 3 is 1.63 bits per heavy atom. The summed E-state index contributed by atoms with van der Waals surface area (Å²) >= 11 is 0. The average Bonchev–Trinajstić information content (AvgIpc) is 3.60. The zero-order valence-corrected chi connectivity index (χ0v) is 25.5. The number of fused-ring (bicyclic) bond motifs is 12. The molecule has 46 heavy (non-hydrogen) atoms. The molecule has 7 aromatic carbocycles. The van der Waals surface area contributed by atoms with Gasteiger partial charge >= 0.3 is 0 Å². The summed E-state index contributed by atoms with van der Waals surface area (Å²) in [5.41, 5.74) is 16.1. The molecule has 0 N–H and O–H groups in total. The number of benzene rings is 7. The first-order valence-corrected chi connectivity index (χ1v) is 16.1. The molecule has 0 amide bonds. The van der Waals surface area contributed by atoms with Gasteiger partial charge in [-0.3, -0.25) is 0 Å². The van der Waals surface area contributed by atoms with Crippen LogP contribution in [0.1, 0.15) is 45.9 Å². The minimum absolute atomic E-state index is 0.357. The van der Waals surface area contributed by atoms with Gasteiger partial charge in [0.25, 0.3) is 0 Å². The molecule has 0 radical (unpaired) electrons. The predicted molar refractivity (Wildman–Crippen MR) is 187 cm³/mol. The second kappa shape index (κ2) is 9.19. The zero-order chi connectivity index (χ0) is 30.5. The molecule has 0 bridgehead atoms. The van der Waals surface area contributed by atoms with Crippen molar-refractivity contribution < 1.29 is 4.74 Å². The van der Waals surface area contributed by atoms with E-state index >= 15 is 0 Å². The van der Waals surface area contributed by atoms with Gasteiger partial charge in [0.1, 0.15) is 11.5 Å². The van der Waals surface area contributed by atoms with E-state index in [1.807, 2.05) is 0 Å². The SMILES string of the molecule is CC1(c2ccccc2)c2ccccc2Oc2ccc(-c3cccc4c3-c3ccccc3C43c4ccccc4-c4ccccc43)cc21. The highest BCUT2D eigenvalue weighted by Gasteiger charge is 2.52. The van der Waals surface area contributed by atoms with Crippen molar-refractivity contribution in [1.29, 1.82) is 0 Å². The normalized spacial score (nSPS) is 17.2. The molecule has 1 heterocycles. The Hall–Kier alpha value is -5.66. The van der Waals surface area contributed by atoms with Gasteiger partial charge in [-0.15, -0.1) is 0 Å². The van der Waals surface area contributed by atoms with Crippen LogP contribution in [0.2, 0.25) is 0 Å². The van der Waals surface area contributed by atoms with Crippen molar-refractivity contribution in [2.45, 2.75) is 17.8 Å². The molecule has 10 rings (SSSR count). The van der Waals surface area contributed by atoms with Crippen molar-refractivity contribution in [3.63, 3.8) is 0 Å². The second-order valence-electron chi connectivity index (χ2n) is 12.9. The van der Waals surface area contributed by atoms with E-state index in [0.29, 0.717) is 0 Å². The van der Waals surface area contributed by atoms with Gasteiger partial charge in [-0.05, 0) is 86.3 Å². The van der Waals surface area contributed by atoms with Crippen LogP contribution in [0.3, 0.4) is 0 Å². The van der Waals surface area contributed by atoms with E-state index in [9.17, 15) is 0 Å². The van der Waals surface area contributed by atoms with Crippen molar-refractivity contribution >= 4 is 0 Å². The molecule has 0 saturated heterocycles. The maximum atomic E-state index is 6.59. The molecule has 3 aliphatic rings. The molecule has 1 atom stereocenters. The van der Waals surface area contributed by atoms with Crippen LogP contribution in [-0.2, 0) is 10.8 Å². The Morgan fingerprint density at radius 1 is 0.391 bits per heavy atom. The summed E-state index contributed by atoms with van der Waals surface area (Å²) in [5.74, 6) is 1.83. The average molecular weight is 587 g/mol. The Bertz CT molecular complexity index is 2320. The van der Waals surface area contributed by atoms with Crippen molar-refractivity contribution in [2.24, 2.45) is 0 Å². The Kier molecular flexibility index (Phi) is 5.12. The maximum Gasteiger partial charge on any atom is 0.131 e. The monoisotopic (exact) mass is 586 g/mol. The molecule has 1 heteroatoms. The van der Waals surface area contributed by atoms with Crippen LogP contribution >= 0.6 is 0 Å². The second-order valence-corrected chi connectivity index (χ2v) is 12.9. The zero-order valence-electron chi connectivity index (χ0n) is 25.5. The van der Waals surface area contributed by atoms with Gasteiger partial charge in [0.15, 0.2) is 0 Å². The van der Waals surface area contributed by atoms with Gasteiger partial charge in [0, 0.05) is 16.5 Å². The number of rotatable bonds is 2. The van der Waals surface area contributed by atoms with Crippen LogP contribution < -0.4 is 4.74 Å². The summed E-state index contributed by atoms with van der Waals surface area (Å²) in [7, 11) is 0. The minimum atomic E-state index is -0.373. The summed E-state index contributed by atoms with van der Waals surface area (Å²) in [6, 6.07) is 60.1. The van der Waals surface area contributed by atoms with Gasteiger partial charge in [-0.2, -0.15) is 0 Å². The summed E-state index contributed by atoms with van der Waals surface area (Å²) in [5, 5.41) is 0. The molecule has 0 saturated carbocycles. The third-order valence-corrected chi connectivity index (χ3v) is 10.8. The highest BCUT2D eigenvalue weighted by atomic mass is 16.5. The lowest BCUT2D eigenvalue weighted by Crippen LogP contribution is -2.29. The van der Waals surface area contributed by atoms with Crippen molar-refractivity contribution in [2.75, 3.05) is 0 Å². The molecular weight excluding hydrogens is 556 g/mol. The number of para-hydroxylation sites is 1. The first-order valence-electron chi connectivity index (χ1n) is 16.1. The highest BCUT2D eigenvalue weighted by Crippen LogP contribution is 2.64. The van der Waals surface area contributed by atoms with E-state index in [-0.39, 0.29) is 10.8 Å². The minimum Gasteiger partial charge on any atom is -0.457 e. The molecular formula is C45H30O. The molecule has 216 valence electrons. The number of hydrogen-bond acceptors (Lipinski definition) is 1. The van der Waals surface area contributed by atoms with E-state index < -0.39 is 0 Å². The van der Waals surface area contributed by atoms with E-state index in [2.05, 4.69) is 171 Å². The topological polar surface area (TPSA) is 9.23 Å². The van der Waals surface area contributed by atoms with Gasteiger partial charge in [0.05, 0.1) is 5.41 Å². The number of ether oxygens (including phenoxy) is 1. The fourth-order valence-corrected chi connectivity index (χ4v) is 8.88. The van der Waals surface area contributed by atoms with E-state index in [1.54, 1.807) is 0 Å². The Balaban J connectivity index is 1.25. The van der Waals surface area contributed by atoms with E-state index in [1.165, 1.54) is 72.3 Å². The van der Waals surface area contributed by atoms with Crippen LogP contribution in [0.25, 0.3) is 33.4 Å². The lowest BCUT2D eigenvalue weighted by atomic mass is 9.68. The first kappa shape index (κ1) is 25.6. The van der Waals surface area contributed by atoms with Crippen molar-refractivity contribution in [1.82, 2.24) is 0 Å². The molecule has 0 aromatic heterocycles. The molecule has 1 aliphatic heterocycles. The smallest absolute Gasteiger partial charge is 0.131 e. The lowest BCUT2D eigenvalue weighted by molar-refractivity contribution is 0.427.